The molecular weight excluding hydrogens is 314 g/mol. The third-order valence-corrected chi connectivity index (χ3v) is 5.65. The average molecular weight is 343 g/mol. The molecule has 1 aliphatic carbocycles. The number of amides is 2. The van der Waals surface area contributed by atoms with Crippen molar-refractivity contribution >= 4 is 11.8 Å². The van der Waals surface area contributed by atoms with Gasteiger partial charge < -0.3 is 16.0 Å². The highest BCUT2D eigenvalue weighted by atomic mass is 16.2. The van der Waals surface area contributed by atoms with E-state index in [2.05, 4.69) is 12.2 Å². The maximum absolute atomic E-state index is 12.7. The van der Waals surface area contributed by atoms with E-state index in [1.165, 1.54) is 0 Å². The first-order valence-electron chi connectivity index (χ1n) is 9.46. The molecule has 1 aromatic carbocycles. The predicted molar refractivity (Wildman–Crippen MR) is 97.9 cm³/mol. The van der Waals surface area contributed by atoms with Crippen LogP contribution in [0.4, 0.5) is 0 Å². The molecule has 5 nitrogen and oxygen atoms in total. The van der Waals surface area contributed by atoms with Gasteiger partial charge in [0, 0.05) is 30.6 Å². The van der Waals surface area contributed by atoms with Crippen molar-refractivity contribution in [2.24, 2.45) is 17.6 Å². The lowest BCUT2D eigenvalue weighted by Gasteiger charge is -2.21. The van der Waals surface area contributed by atoms with Crippen LogP contribution in [0.2, 0.25) is 0 Å². The molecule has 5 heteroatoms. The molecule has 0 spiro atoms. The van der Waals surface area contributed by atoms with Gasteiger partial charge in [0.2, 0.25) is 5.91 Å². The van der Waals surface area contributed by atoms with Crippen LogP contribution in [0.25, 0.3) is 0 Å². The van der Waals surface area contributed by atoms with Gasteiger partial charge in [-0.05, 0) is 56.3 Å². The van der Waals surface area contributed by atoms with Crippen LogP contribution in [0, 0.1) is 11.8 Å². The number of benzene rings is 1. The maximum atomic E-state index is 12.7. The highest BCUT2D eigenvalue weighted by Crippen LogP contribution is 2.25. The number of hydrogen-bond donors (Lipinski definition) is 2. The lowest BCUT2D eigenvalue weighted by Crippen LogP contribution is -2.34. The van der Waals surface area contributed by atoms with E-state index in [-0.39, 0.29) is 23.8 Å². The monoisotopic (exact) mass is 343 g/mol. The van der Waals surface area contributed by atoms with Crippen LogP contribution in [0.5, 0.6) is 0 Å². The zero-order valence-electron chi connectivity index (χ0n) is 15.0. The van der Waals surface area contributed by atoms with Crippen LogP contribution in [0.3, 0.4) is 0 Å². The van der Waals surface area contributed by atoms with E-state index in [1.807, 2.05) is 29.2 Å². The van der Waals surface area contributed by atoms with E-state index in [0.29, 0.717) is 24.6 Å². The van der Waals surface area contributed by atoms with Crippen LogP contribution in [0.1, 0.15) is 54.9 Å². The summed E-state index contributed by atoms with van der Waals surface area (Å²) >= 11 is 0. The van der Waals surface area contributed by atoms with E-state index in [1.54, 1.807) is 0 Å². The van der Waals surface area contributed by atoms with Crippen LogP contribution >= 0.6 is 0 Å². The van der Waals surface area contributed by atoms with Gasteiger partial charge in [0.25, 0.3) is 5.91 Å². The lowest BCUT2D eigenvalue weighted by molar-refractivity contribution is -0.124. The van der Waals surface area contributed by atoms with Crippen molar-refractivity contribution in [3.63, 3.8) is 0 Å². The molecule has 1 heterocycles. The zero-order valence-corrected chi connectivity index (χ0v) is 15.0. The third kappa shape index (κ3) is 4.21. The van der Waals surface area contributed by atoms with Gasteiger partial charge in [0.05, 0.1) is 0 Å². The van der Waals surface area contributed by atoms with Crippen molar-refractivity contribution < 1.29 is 9.59 Å². The summed E-state index contributed by atoms with van der Waals surface area (Å²) in [5.41, 5.74) is 7.48. The fourth-order valence-corrected chi connectivity index (χ4v) is 4.05. The lowest BCUT2D eigenvalue weighted by atomic mass is 10.1. The highest BCUT2D eigenvalue weighted by molar-refractivity contribution is 5.94. The fraction of sp³-hybridized carbons (Fsp3) is 0.600. The van der Waals surface area contributed by atoms with Crippen LogP contribution < -0.4 is 11.1 Å². The Morgan fingerprint density at radius 1 is 1.20 bits per heavy atom. The molecule has 1 saturated carbocycles. The summed E-state index contributed by atoms with van der Waals surface area (Å²) in [5.74, 6) is 0.832. The summed E-state index contributed by atoms with van der Waals surface area (Å²) in [4.78, 5) is 26.7. The zero-order chi connectivity index (χ0) is 17.8. The summed E-state index contributed by atoms with van der Waals surface area (Å²) in [6.45, 7) is 3.99. The van der Waals surface area contributed by atoms with Gasteiger partial charge in [-0.1, -0.05) is 25.0 Å². The second-order valence-electron chi connectivity index (χ2n) is 7.54. The van der Waals surface area contributed by atoms with Crippen molar-refractivity contribution in [3.05, 3.63) is 35.4 Å². The number of nitrogens with zero attached hydrogens (tertiary/aromatic N) is 1. The SMILES string of the molecule is CC1CC(CN)CN1C(=O)c1ccc(CNC(=O)C2CCCC2)cc1. The third-order valence-electron chi connectivity index (χ3n) is 5.65. The van der Waals surface area contributed by atoms with Gasteiger partial charge in [-0.2, -0.15) is 0 Å². The largest absolute Gasteiger partial charge is 0.352 e. The Hall–Kier alpha value is -1.88. The number of carbonyl (C=O) groups excluding carboxylic acids is 2. The Morgan fingerprint density at radius 3 is 2.48 bits per heavy atom. The first-order chi connectivity index (χ1) is 12.1. The van der Waals surface area contributed by atoms with E-state index in [4.69, 9.17) is 5.73 Å². The molecular formula is C20H29N3O2. The summed E-state index contributed by atoms with van der Waals surface area (Å²) in [7, 11) is 0. The van der Waals surface area contributed by atoms with Crippen molar-refractivity contribution in [2.45, 2.75) is 51.6 Å². The molecule has 0 aromatic heterocycles. The summed E-state index contributed by atoms with van der Waals surface area (Å²) in [6, 6.07) is 7.84. The first kappa shape index (κ1) is 17.9. The summed E-state index contributed by atoms with van der Waals surface area (Å²) in [6.07, 6.45) is 5.32. The minimum atomic E-state index is 0.0741. The molecule has 1 aliphatic heterocycles. The standard InChI is InChI=1S/C20H29N3O2/c1-14-10-16(11-21)13-23(14)20(25)18-8-6-15(7-9-18)12-22-19(24)17-4-2-3-5-17/h6-9,14,16-17H,2-5,10-13,21H2,1H3,(H,22,24). The Bertz CT molecular complexity index is 608. The van der Waals surface area contributed by atoms with E-state index >= 15 is 0 Å². The number of hydrogen-bond acceptors (Lipinski definition) is 3. The molecule has 2 atom stereocenters. The van der Waals surface area contributed by atoms with Crippen LogP contribution in [-0.2, 0) is 11.3 Å². The number of nitrogens with two attached hydrogens (primary N) is 1. The number of carbonyl (C=O) groups is 2. The Kier molecular flexibility index (Phi) is 5.74. The molecule has 136 valence electrons. The molecule has 3 N–H and O–H groups in total. The topological polar surface area (TPSA) is 75.4 Å². The fourth-order valence-electron chi connectivity index (χ4n) is 4.05. The molecule has 2 amide bonds. The van der Waals surface area contributed by atoms with Crippen molar-refractivity contribution in [1.29, 1.82) is 0 Å². The minimum absolute atomic E-state index is 0.0741. The van der Waals surface area contributed by atoms with Gasteiger partial charge in [0.15, 0.2) is 0 Å². The number of likely N-dealkylation sites (tertiary alicyclic amines) is 1. The Balaban J connectivity index is 1.54. The highest BCUT2D eigenvalue weighted by Gasteiger charge is 2.32. The molecule has 1 aromatic rings. The van der Waals surface area contributed by atoms with Crippen molar-refractivity contribution in [2.75, 3.05) is 13.1 Å². The second kappa shape index (κ2) is 8.00. The Labute approximate surface area is 150 Å². The number of nitrogens with one attached hydrogen (secondary N) is 1. The summed E-state index contributed by atoms with van der Waals surface area (Å²) in [5, 5.41) is 3.02. The van der Waals surface area contributed by atoms with E-state index < -0.39 is 0 Å². The molecule has 0 bridgehead atoms. The molecule has 2 aliphatic rings. The van der Waals surface area contributed by atoms with E-state index in [9.17, 15) is 9.59 Å². The molecule has 25 heavy (non-hydrogen) atoms. The minimum Gasteiger partial charge on any atom is -0.352 e. The van der Waals surface area contributed by atoms with Crippen molar-refractivity contribution in [3.8, 4) is 0 Å². The average Bonchev–Trinajstić information content (AvgIpc) is 3.29. The van der Waals surface area contributed by atoms with Crippen molar-refractivity contribution in [1.82, 2.24) is 10.2 Å². The normalized spacial score (nSPS) is 23.8. The van der Waals surface area contributed by atoms with Gasteiger partial charge >= 0.3 is 0 Å². The predicted octanol–water partition coefficient (Wildman–Crippen LogP) is 2.30. The van der Waals surface area contributed by atoms with Crippen LogP contribution in [0.15, 0.2) is 24.3 Å². The first-order valence-corrected chi connectivity index (χ1v) is 9.46. The van der Waals surface area contributed by atoms with Crippen LogP contribution in [-0.4, -0.2) is 35.8 Å². The Morgan fingerprint density at radius 2 is 1.88 bits per heavy atom. The molecule has 2 unspecified atom stereocenters. The van der Waals surface area contributed by atoms with Gasteiger partial charge in [-0.3, -0.25) is 9.59 Å². The molecule has 0 radical (unpaired) electrons. The quantitative estimate of drug-likeness (QED) is 0.861. The van der Waals surface area contributed by atoms with Gasteiger partial charge in [-0.15, -0.1) is 0 Å². The van der Waals surface area contributed by atoms with E-state index in [0.717, 1.165) is 44.2 Å². The molecule has 3 rings (SSSR count). The molecule has 2 fully saturated rings. The van der Waals surface area contributed by atoms with Gasteiger partial charge in [0.1, 0.15) is 0 Å². The van der Waals surface area contributed by atoms with Gasteiger partial charge in [-0.25, -0.2) is 0 Å². The number of rotatable bonds is 5. The molecule has 1 saturated heterocycles. The maximum Gasteiger partial charge on any atom is 0.254 e. The summed E-state index contributed by atoms with van der Waals surface area (Å²) < 4.78 is 0. The smallest absolute Gasteiger partial charge is 0.254 e. The second-order valence-corrected chi connectivity index (χ2v) is 7.54.